The normalized spacial score (nSPS) is 26.2. The first kappa shape index (κ1) is 27.5. The van der Waals surface area contributed by atoms with E-state index in [0.717, 1.165) is 89.0 Å². The minimum Gasteiger partial charge on any atom is -0.497 e. The second-order valence-electron chi connectivity index (χ2n) is 13.2. The summed E-state index contributed by atoms with van der Waals surface area (Å²) in [7, 11) is 1.68. The van der Waals surface area contributed by atoms with Gasteiger partial charge in [-0.05, 0) is 81.3 Å². The molecule has 7 rings (SSSR count). The summed E-state index contributed by atoms with van der Waals surface area (Å²) in [6.45, 7) is 4.95. The average molecular weight is 569 g/mol. The molecule has 1 spiro atoms. The fourth-order valence-electron chi connectivity index (χ4n) is 7.91. The Labute approximate surface area is 249 Å². The van der Waals surface area contributed by atoms with Crippen LogP contribution in [0.1, 0.15) is 62.0 Å². The van der Waals surface area contributed by atoms with Gasteiger partial charge in [0.1, 0.15) is 5.75 Å². The molecule has 3 saturated heterocycles. The maximum absolute atomic E-state index is 13.8. The predicted molar refractivity (Wildman–Crippen MR) is 163 cm³/mol. The number of nitrogens with zero attached hydrogens (tertiary/aromatic N) is 3. The molecule has 2 unspecified atom stereocenters. The van der Waals surface area contributed by atoms with Crippen LogP contribution in [0.2, 0.25) is 0 Å². The summed E-state index contributed by atoms with van der Waals surface area (Å²) >= 11 is 0. The summed E-state index contributed by atoms with van der Waals surface area (Å²) in [6.07, 6.45) is 9.73. The van der Waals surface area contributed by atoms with Gasteiger partial charge in [0.15, 0.2) is 0 Å². The Morgan fingerprint density at radius 1 is 1.00 bits per heavy atom. The van der Waals surface area contributed by atoms with Crippen LogP contribution in [0.25, 0.3) is 0 Å². The number of benzene rings is 2. The zero-order valence-corrected chi connectivity index (χ0v) is 24.8. The number of methoxy groups -OCH3 is 1. The van der Waals surface area contributed by atoms with Crippen molar-refractivity contribution in [2.75, 3.05) is 39.8 Å². The van der Waals surface area contributed by atoms with Gasteiger partial charge in [-0.2, -0.15) is 0 Å². The lowest BCUT2D eigenvalue weighted by atomic mass is 9.73. The molecule has 1 saturated carbocycles. The van der Waals surface area contributed by atoms with Crippen LogP contribution in [0.3, 0.4) is 0 Å². The molecule has 222 valence electrons. The van der Waals surface area contributed by atoms with Crippen molar-refractivity contribution in [3.05, 3.63) is 77.4 Å². The predicted octanol–water partition coefficient (Wildman–Crippen LogP) is 5.19. The molecule has 3 heterocycles. The number of nitrogens with one attached hydrogen (secondary N) is 1. The molecular formula is C35H44N4O3. The topological polar surface area (TPSA) is 65.1 Å². The van der Waals surface area contributed by atoms with Crippen LogP contribution in [0.5, 0.6) is 5.75 Å². The Morgan fingerprint density at radius 3 is 2.36 bits per heavy atom. The van der Waals surface area contributed by atoms with Crippen molar-refractivity contribution in [2.24, 2.45) is 11.3 Å². The maximum Gasteiger partial charge on any atom is 0.317 e. The third-order valence-corrected chi connectivity index (χ3v) is 10.7. The summed E-state index contributed by atoms with van der Waals surface area (Å²) in [5.74, 6) is 1.84. The standard InChI is InChI=1S/C35H44N4O3/c1-42-29-14-10-25(11-15-29)22-38-21-18-35(33(38)40)16-19-37(20-17-35)32(27-8-5-9-27)31-24-39(34(41)36-28-12-13-28)23-30(31)26-6-3-2-4-7-26/h2-4,6-8,10-11,14-15,28,30-32H,5,9,12-13,16-24H2,1H3,(H,36,41)/t30?,31-,32?/m0/s1. The summed E-state index contributed by atoms with van der Waals surface area (Å²) < 4.78 is 5.30. The van der Waals surface area contributed by atoms with Crippen LogP contribution < -0.4 is 10.1 Å². The lowest BCUT2D eigenvalue weighted by Gasteiger charge is -2.46. The summed E-state index contributed by atoms with van der Waals surface area (Å²) in [5.41, 5.74) is 3.80. The summed E-state index contributed by atoms with van der Waals surface area (Å²) in [5, 5.41) is 3.24. The average Bonchev–Trinajstić information content (AvgIpc) is 3.63. The third kappa shape index (κ3) is 5.32. The molecule has 0 bridgehead atoms. The monoisotopic (exact) mass is 568 g/mol. The fraction of sp³-hybridized carbons (Fsp3) is 0.543. The number of carbonyl (C=O) groups excluding carboxylic acids is 2. The van der Waals surface area contributed by atoms with Crippen molar-refractivity contribution in [3.8, 4) is 5.75 Å². The van der Waals surface area contributed by atoms with Gasteiger partial charge in [0.2, 0.25) is 5.91 Å². The molecule has 5 aliphatic rings. The molecule has 3 atom stereocenters. The lowest BCUT2D eigenvalue weighted by Crippen LogP contribution is -2.52. The number of amides is 3. The van der Waals surface area contributed by atoms with E-state index in [9.17, 15) is 9.59 Å². The van der Waals surface area contributed by atoms with Gasteiger partial charge >= 0.3 is 6.03 Å². The summed E-state index contributed by atoms with van der Waals surface area (Å²) in [4.78, 5) is 33.9. The minimum atomic E-state index is -0.230. The highest BCUT2D eigenvalue weighted by Crippen LogP contribution is 2.47. The van der Waals surface area contributed by atoms with Crippen molar-refractivity contribution < 1.29 is 14.3 Å². The number of ether oxygens (including phenoxy) is 1. The van der Waals surface area contributed by atoms with Gasteiger partial charge in [-0.1, -0.05) is 54.1 Å². The molecule has 42 heavy (non-hydrogen) atoms. The molecular weight excluding hydrogens is 524 g/mol. The first-order chi connectivity index (χ1) is 20.5. The zero-order chi connectivity index (χ0) is 28.7. The van der Waals surface area contributed by atoms with Crippen molar-refractivity contribution >= 4 is 11.9 Å². The number of likely N-dealkylation sites (tertiary alicyclic amines) is 3. The smallest absolute Gasteiger partial charge is 0.317 e. The molecule has 7 nitrogen and oxygen atoms in total. The Bertz CT molecular complexity index is 1310. The van der Waals surface area contributed by atoms with Crippen molar-refractivity contribution in [1.82, 2.24) is 20.0 Å². The van der Waals surface area contributed by atoms with E-state index >= 15 is 0 Å². The Morgan fingerprint density at radius 2 is 1.71 bits per heavy atom. The van der Waals surface area contributed by atoms with Gasteiger partial charge in [-0.25, -0.2) is 4.79 Å². The molecule has 3 amide bonds. The number of carbonyl (C=O) groups is 2. The van der Waals surface area contributed by atoms with Gasteiger partial charge < -0.3 is 19.9 Å². The summed E-state index contributed by atoms with van der Waals surface area (Å²) in [6, 6.07) is 19.7. The molecule has 0 aromatic heterocycles. The van der Waals surface area contributed by atoms with E-state index in [1.807, 2.05) is 12.1 Å². The molecule has 2 aliphatic carbocycles. The van der Waals surface area contributed by atoms with E-state index in [1.165, 1.54) is 5.56 Å². The number of allylic oxidation sites excluding steroid dienone is 1. The lowest BCUT2D eigenvalue weighted by molar-refractivity contribution is -0.139. The number of hydrogen-bond donors (Lipinski definition) is 1. The number of hydrogen-bond acceptors (Lipinski definition) is 4. The highest BCUT2D eigenvalue weighted by atomic mass is 16.5. The Hall–Kier alpha value is -3.32. The first-order valence-electron chi connectivity index (χ1n) is 16.0. The van der Waals surface area contributed by atoms with E-state index in [-0.39, 0.29) is 11.4 Å². The molecule has 2 aromatic rings. The Kier molecular flexibility index (Phi) is 7.47. The van der Waals surface area contributed by atoms with E-state index in [0.29, 0.717) is 36.4 Å². The second kappa shape index (κ2) is 11.4. The van der Waals surface area contributed by atoms with Crippen molar-refractivity contribution in [2.45, 2.75) is 69.5 Å². The van der Waals surface area contributed by atoms with Gasteiger partial charge in [-0.3, -0.25) is 9.69 Å². The van der Waals surface area contributed by atoms with Crippen LogP contribution in [-0.4, -0.2) is 78.6 Å². The van der Waals surface area contributed by atoms with E-state index in [4.69, 9.17) is 4.74 Å². The SMILES string of the molecule is COc1ccc(CN2CCC3(CCN(C(C4=CCC4)[C@H]4CN(C(=O)NC5CC5)CC4c4ccccc4)CC3)C2=O)cc1. The quantitative estimate of drug-likeness (QED) is 0.446. The molecule has 3 aliphatic heterocycles. The molecule has 4 fully saturated rings. The number of urea groups is 1. The molecule has 7 heteroatoms. The van der Waals surface area contributed by atoms with E-state index in [1.54, 1.807) is 12.7 Å². The second-order valence-corrected chi connectivity index (χ2v) is 13.2. The van der Waals surface area contributed by atoms with Crippen molar-refractivity contribution in [3.63, 3.8) is 0 Å². The molecule has 2 aromatic carbocycles. The number of rotatable bonds is 8. The van der Waals surface area contributed by atoms with Crippen LogP contribution in [0, 0.1) is 11.3 Å². The number of piperidine rings is 1. The van der Waals surface area contributed by atoms with Crippen molar-refractivity contribution in [1.29, 1.82) is 0 Å². The van der Waals surface area contributed by atoms with Crippen LogP contribution in [0.15, 0.2) is 66.2 Å². The third-order valence-electron chi connectivity index (χ3n) is 10.7. The highest BCUT2D eigenvalue weighted by Gasteiger charge is 2.51. The van der Waals surface area contributed by atoms with Crippen LogP contribution in [-0.2, 0) is 11.3 Å². The zero-order valence-electron chi connectivity index (χ0n) is 24.8. The Balaban J connectivity index is 1.06. The van der Waals surface area contributed by atoms with E-state index < -0.39 is 0 Å². The minimum absolute atomic E-state index is 0.105. The van der Waals surface area contributed by atoms with Gasteiger partial charge in [0.05, 0.1) is 12.5 Å². The van der Waals surface area contributed by atoms with Crippen LogP contribution in [0.4, 0.5) is 4.79 Å². The van der Waals surface area contributed by atoms with Gasteiger partial charge in [-0.15, -0.1) is 0 Å². The van der Waals surface area contributed by atoms with Gasteiger partial charge in [0, 0.05) is 50.1 Å². The van der Waals surface area contributed by atoms with Gasteiger partial charge in [0.25, 0.3) is 0 Å². The molecule has 1 N–H and O–H groups in total. The maximum atomic E-state index is 13.8. The fourth-order valence-corrected chi connectivity index (χ4v) is 7.91. The largest absolute Gasteiger partial charge is 0.497 e. The highest BCUT2D eigenvalue weighted by molar-refractivity contribution is 5.85. The molecule has 0 radical (unpaired) electrons. The van der Waals surface area contributed by atoms with E-state index in [2.05, 4.69) is 68.6 Å². The first-order valence-corrected chi connectivity index (χ1v) is 16.0. The van der Waals surface area contributed by atoms with Crippen LogP contribution >= 0.6 is 0 Å².